The van der Waals surface area contributed by atoms with Crippen molar-refractivity contribution in [2.75, 3.05) is 10.8 Å². The molecular formula is C29H30ClF4N3O4S. The number of carbonyl (C=O) groups is 2. The third-order valence-corrected chi connectivity index (χ3v) is 8.18. The van der Waals surface area contributed by atoms with Gasteiger partial charge < -0.3 is 10.2 Å². The lowest BCUT2D eigenvalue weighted by Crippen LogP contribution is -2.54. The van der Waals surface area contributed by atoms with Crippen LogP contribution in [-0.4, -0.2) is 43.3 Å². The summed E-state index contributed by atoms with van der Waals surface area (Å²) in [6.07, 6.45) is -4.83. The fourth-order valence-corrected chi connectivity index (χ4v) is 5.67. The van der Waals surface area contributed by atoms with E-state index in [1.165, 1.54) is 43.3 Å². The number of nitrogens with zero attached hydrogens (tertiary/aromatic N) is 2. The molecule has 0 saturated heterocycles. The molecule has 0 spiro atoms. The van der Waals surface area contributed by atoms with Crippen molar-refractivity contribution < 1.29 is 35.6 Å². The van der Waals surface area contributed by atoms with Crippen LogP contribution in [0.3, 0.4) is 0 Å². The Bertz CT molecular complexity index is 1530. The molecule has 0 aliphatic rings. The number of anilines is 1. The molecule has 0 fully saturated rings. The molecule has 42 heavy (non-hydrogen) atoms. The summed E-state index contributed by atoms with van der Waals surface area (Å²) in [5, 5.41) is 2.40. The minimum absolute atomic E-state index is 0.229. The van der Waals surface area contributed by atoms with Crippen molar-refractivity contribution in [2.24, 2.45) is 0 Å². The number of amides is 2. The number of halogens is 5. The zero-order chi connectivity index (χ0) is 31.5. The maximum Gasteiger partial charge on any atom is 0.416 e. The van der Waals surface area contributed by atoms with Crippen molar-refractivity contribution in [3.05, 3.63) is 94.8 Å². The van der Waals surface area contributed by atoms with Crippen LogP contribution in [0.15, 0.2) is 77.7 Å². The average molecular weight is 628 g/mol. The Labute approximate surface area is 247 Å². The summed E-state index contributed by atoms with van der Waals surface area (Å²) in [5.74, 6) is -2.01. The molecule has 226 valence electrons. The van der Waals surface area contributed by atoms with Gasteiger partial charge in [0.25, 0.3) is 10.0 Å². The van der Waals surface area contributed by atoms with E-state index in [0.717, 1.165) is 23.1 Å². The molecule has 0 unspecified atom stereocenters. The summed E-state index contributed by atoms with van der Waals surface area (Å²) >= 11 is 6.23. The Kier molecular flexibility index (Phi) is 9.94. The third kappa shape index (κ3) is 8.22. The molecule has 1 atom stereocenters. The highest BCUT2D eigenvalue weighted by Gasteiger charge is 2.36. The van der Waals surface area contributed by atoms with Crippen LogP contribution in [0.4, 0.5) is 23.2 Å². The summed E-state index contributed by atoms with van der Waals surface area (Å²) in [5.41, 5.74) is -2.00. The van der Waals surface area contributed by atoms with Crippen LogP contribution in [0.25, 0.3) is 0 Å². The summed E-state index contributed by atoms with van der Waals surface area (Å²) in [6.45, 7) is 5.39. The molecule has 0 aliphatic carbocycles. The van der Waals surface area contributed by atoms with E-state index in [4.69, 9.17) is 11.6 Å². The van der Waals surface area contributed by atoms with Gasteiger partial charge in [0.1, 0.15) is 18.4 Å². The van der Waals surface area contributed by atoms with Gasteiger partial charge in [-0.1, -0.05) is 41.9 Å². The topological polar surface area (TPSA) is 86.8 Å². The molecule has 1 N–H and O–H groups in total. The van der Waals surface area contributed by atoms with E-state index in [-0.39, 0.29) is 16.5 Å². The second-order valence-electron chi connectivity index (χ2n) is 10.6. The van der Waals surface area contributed by atoms with E-state index in [9.17, 15) is 35.6 Å². The zero-order valence-electron chi connectivity index (χ0n) is 23.2. The highest BCUT2D eigenvalue weighted by Crippen LogP contribution is 2.37. The van der Waals surface area contributed by atoms with Gasteiger partial charge in [-0.2, -0.15) is 13.2 Å². The standard InChI is InChI=1S/C29H30ClF4N3O4S/c1-19(27(39)35-28(2,3)4)36(17-20-10-13-22(31)14-11-20)26(38)18-37(42(40,41)23-8-6-5-7-9-23)25-16-21(29(32,33)34)12-15-24(25)30/h5-16,19H,17-18H2,1-4H3,(H,35,39)/t19-/m0/s1. The zero-order valence-corrected chi connectivity index (χ0v) is 24.8. The first kappa shape index (κ1) is 32.9. The highest BCUT2D eigenvalue weighted by molar-refractivity contribution is 7.92. The van der Waals surface area contributed by atoms with Gasteiger partial charge in [-0.25, -0.2) is 12.8 Å². The summed E-state index contributed by atoms with van der Waals surface area (Å²) in [7, 11) is -4.64. The number of sulfonamides is 1. The van der Waals surface area contributed by atoms with E-state index in [1.54, 1.807) is 26.8 Å². The van der Waals surface area contributed by atoms with Gasteiger partial charge >= 0.3 is 6.18 Å². The highest BCUT2D eigenvalue weighted by atomic mass is 35.5. The molecule has 7 nitrogen and oxygen atoms in total. The maximum atomic E-state index is 13.9. The fourth-order valence-electron chi connectivity index (χ4n) is 3.96. The average Bonchev–Trinajstić information content (AvgIpc) is 2.90. The fraction of sp³-hybridized carbons (Fsp3) is 0.310. The first-order valence-electron chi connectivity index (χ1n) is 12.7. The van der Waals surface area contributed by atoms with Crippen molar-refractivity contribution in [1.29, 1.82) is 0 Å². The quantitative estimate of drug-likeness (QED) is 0.294. The summed E-state index contributed by atoms with van der Waals surface area (Å²) in [6, 6.07) is 12.9. The smallest absolute Gasteiger partial charge is 0.350 e. The Morgan fingerprint density at radius 2 is 1.55 bits per heavy atom. The number of benzene rings is 3. The van der Waals surface area contributed by atoms with Gasteiger partial charge in [0.2, 0.25) is 11.8 Å². The lowest BCUT2D eigenvalue weighted by Gasteiger charge is -2.33. The van der Waals surface area contributed by atoms with E-state index in [2.05, 4.69) is 5.32 Å². The Morgan fingerprint density at radius 3 is 2.10 bits per heavy atom. The van der Waals surface area contributed by atoms with Crippen LogP contribution in [-0.2, 0) is 32.3 Å². The number of rotatable bonds is 9. The molecule has 3 aromatic carbocycles. The predicted molar refractivity (Wildman–Crippen MR) is 152 cm³/mol. The van der Waals surface area contributed by atoms with Crippen molar-refractivity contribution in [2.45, 2.75) is 56.9 Å². The molecule has 0 aliphatic heterocycles. The molecule has 0 bridgehead atoms. The van der Waals surface area contributed by atoms with Crippen molar-refractivity contribution in [1.82, 2.24) is 10.2 Å². The normalized spacial score (nSPS) is 12.9. The molecule has 0 saturated carbocycles. The van der Waals surface area contributed by atoms with Crippen LogP contribution in [0.5, 0.6) is 0 Å². The molecule has 2 amide bonds. The van der Waals surface area contributed by atoms with Gasteiger partial charge in [0.05, 0.1) is 21.2 Å². The van der Waals surface area contributed by atoms with E-state index >= 15 is 0 Å². The number of hydrogen-bond donors (Lipinski definition) is 1. The van der Waals surface area contributed by atoms with E-state index < -0.39 is 63.2 Å². The molecule has 13 heteroatoms. The largest absolute Gasteiger partial charge is 0.416 e. The van der Waals surface area contributed by atoms with E-state index in [1.807, 2.05) is 0 Å². The Morgan fingerprint density at radius 1 is 0.952 bits per heavy atom. The minimum Gasteiger partial charge on any atom is -0.350 e. The molecule has 0 heterocycles. The monoisotopic (exact) mass is 627 g/mol. The molecule has 3 aromatic rings. The first-order chi connectivity index (χ1) is 19.4. The lowest BCUT2D eigenvalue weighted by atomic mass is 10.1. The van der Waals surface area contributed by atoms with Gasteiger partial charge in [0.15, 0.2) is 0 Å². The second-order valence-corrected chi connectivity index (χ2v) is 12.8. The van der Waals surface area contributed by atoms with Gasteiger partial charge in [-0.05, 0) is 75.7 Å². The molecule has 0 radical (unpaired) electrons. The SMILES string of the molecule is C[C@@H](C(=O)NC(C)(C)C)N(Cc1ccc(F)cc1)C(=O)CN(c1cc(C(F)(F)F)ccc1Cl)S(=O)(=O)c1ccccc1. The lowest BCUT2D eigenvalue weighted by molar-refractivity contribution is -0.140. The van der Waals surface area contributed by atoms with Gasteiger partial charge in [-0.15, -0.1) is 0 Å². The first-order valence-corrected chi connectivity index (χ1v) is 14.5. The summed E-state index contributed by atoms with van der Waals surface area (Å²) < 4.78 is 82.5. The van der Waals surface area contributed by atoms with Crippen LogP contribution in [0, 0.1) is 5.82 Å². The molecular weight excluding hydrogens is 598 g/mol. The van der Waals surface area contributed by atoms with Crippen LogP contribution < -0.4 is 9.62 Å². The second kappa shape index (κ2) is 12.7. The van der Waals surface area contributed by atoms with Gasteiger partial charge in [0, 0.05) is 12.1 Å². The molecule has 0 aromatic heterocycles. The molecule has 3 rings (SSSR count). The Hall–Kier alpha value is -3.64. The van der Waals surface area contributed by atoms with Crippen molar-refractivity contribution in [3.8, 4) is 0 Å². The number of carbonyl (C=O) groups excluding carboxylic acids is 2. The van der Waals surface area contributed by atoms with Crippen molar-refractivity contribution in [3.63, 3.8) is 0 Å². The van der Waals surface area contributed by atoms with Crippen molar-refractivity contribution >= 4 is 39.1 Å². The van der Waals surface area contributed by atoms with Gasteiger partial charge in [-0.3, -0.25) is 13.9 Å². The predicted octanol–water partition coefficient (Wildman–Crippen LogP) is 6.03. The number of alkyl halides is 3. The maximum absolute atomic E-state index is 13.9. The minimum atomic E-state index is -4.83. The Balaban J connectivity index is 2.13. The summed E-state index contributed by atoms with van der Waals surface area (Å²) in [4.78, 5) is 27.7. The third-order valence-electron chi connectivity index (χ3n) is 6.08. The van der Waals surface area contributed by atoms with Crippen LogP contribution in [0.1, 0.15) is 38.8 Å². The van der Waals surface area contributed by atoms with Crippen LogP contribution >= 0.6 is 11.6 Å². The van der Waals surface area contributed by atoms with E-state index in [0.29, 0.717) is 22.0 Å². The number of hydrogen-bond acceptors (Lipinski definition) is 4. The van der Waals surface area contributed by atoms with Crippen LogP contribution in [0.2, 0.25) is 5.02 Å². The number of nitrogens with one attached hydrogen (secondary N) is 1.